The van der Waals surface area contributed by atoms with E-state index in [1.807, 2.05) is 0 Å². The minimum absolute atomic E-state index is 0.0997. The van der Waals surface area contributed by atoms with Crippen molar-refractivity contribution in [2.75, 3.05) is 13.1 Å². The van der Waals surface area contributed by atoms with E-state index in [4.69, 9.17) is 4.74 Å². The SMILES string of the molecule is CC(C)(C)OC(=O)N1CC(C23CC(S(=O)(=O)c4ccc(C(F)(F)F)cn4)(C2)C3)C1. The van der Waals surface area contributed by atoms with Crippen LogP contribution in [0.1, 0.15) is 45.6 Å². The molecule has 0 N–H and O–H groups in total. The molecular formula is C19H23F3N2O4S. The standard InChI is InChI=1S/C19H23F3N2O4S/c1-16(2,3)28-15(25)24-7-13(8-24)17-9-18(10-17,11-17)29(26,27)14-5-4-12(6-23-14)19(20,21)22/h4-6,13H,7-11H2,1-3H3. The van der Waals surface area contributed by atoms with Gasteiger partial charge in [0.2, 0.25) is 9.84 Å². The van der Waals surface area contributed by atoms with E-state index in [1.54, 1.807) is 25.7 Å². The first-order valence-electron chi connectivity index (χ1n) is 9.43. The predicted octanol–water partition coefficient (Wildman–Crippen LogP) is 3.66. The van der Waals surface area contributed by atoms with Gasteiger partial charge in [0.1, 0.15) is 5.60 Å². The number of rotatable bonds is 3. The Morgan fingerprint density at radius 1 is 1.17 bits per heavy atom. The van der Waals surface area contributed by atoms with Crippen LogP contribution in [0, 0.1) is 11.3 Å². The molecule has 4 aliphatic rings. The van der Waals surface area contributed by atoms with Gasteiger partial charge in [0, 0.05) is 25.2 Å². The van der Waals surface area contributed by atoms with Crippen LogP contribution in [0.15, 0.2) is 23.4 Å². The molecule has 0 atom stereocenters. The van der Waals surface area contributed by atoms with E-state index >= 15 is 0 Å². The maximum absolute atomic E-state index is 12.9. The number of aromatic nitrogens is 1. The molecule has 0 aromatic carbocycles. The van der Waals surface area contributed by atoms with E-state index in [9.17, 15) is 26.4 Å². The highest BCUT2D eigenvalue weighted by atomic mass is 32.2. The van der Waals surface area contributed by atoms with Gasteiger partial charge in [0.15, 0.2) is 5.03 Å². The van der Waals surface area contributed by atoms with Crippen LogP contribution in [0.2, 0.25) is 0 Å². The first-order valence-corrected chi connectivity index (χ1v) is 10.9. The summed E-state index contributed by atoms with van der Waals surface area (Å²) in [7, 11) is -3.79. The van der Waals surface area contributed by atoms with Gasteiger partial charge in [-0.05, 0) is 57.6 Å². The first-order chi connectivity index (χ1) is 13.2. The lowest BCUT2D eigenvalue weighted by Gasteiger charge is -2.74. The Labute approximate surface area is 167 Å². The van der Waals surface area contributed by atoms with E-state index < -0.39 is 31.9 Å². The molecule has 1 aromatic rings. The lowest BCUT2D eigenvalue weighted by atomic mass is 9.38. The van der Waals surface area contributed by atoms with Gasteiger partial charge in [-0.25, -0.2) is 18.2 Å². The van der Waals surface area contributed by atoms with Crippen molar-refractivity contribution in [2.24, 2.45) is 11.3 Å². The smallest absolute Gasteiger partial charge is 0.417 e. The van der Waals surface area contributed by atoms with E-state index in [2.05, 4.69) is 4.98 Å². The second kappa shape index (κ2) is 5.86. The molecule has 0 radical (unpaired) electrons. The summed E-state index contributed by atoms with van der Waals surface area (Å²) in [5, 5.41) is -0.303. The minimum atomic E-state index is -4.56. The molecule has 29 heavy (non-hydrogen) atoms. The predicted molar refractivity (Wildman–Crippen MR) is 96.7 cm³/mol. The summed E-state index contributed by atoms with van der Waals surface area (Å²) in [6, 6.07) is 1.70. The number of hydrogen-bond acceptors (Lipinski definition) is 5. The highest BCUT2D eigenvalue weighted by molar-refractivity contribution is 7.93. The van der Waals surface area contributed by atoms with Crippen LogP contribution in [0.4, 0.5) is 18.0 Å². The lowest BCUT2D eigenvalue weighted by molar-refractivity contribution is -0.167. The molecule has 4 fully saturated rings. The Kier molecular flexibility index (Phi) is 4.13. The van der Waals surface area contributed by atoms with Gasteiger partial charge >= 0.3 is 12.3 Å². The van der Waals surface area contributed by atoms with Crippen LogP contribution in [0.25, 0.3) is 0 Å². The number of carbonyl (C=O) groups is 1. The van der Waals surface area contributed by atoms with Crippen molar-refractivity contribution in [3.63, 3.8) is 0 Å². The number of alkyl halides is 3. The van der Waals surface area contributed by atoms with Gasteiger partial charge in [-0.15, -0.1) is 0 Å². The van der Waals surface area contributed by atoms with Gasteiger partial charge < -0.3 is 9.64 Å². The van der Waals surface area contributed by atoms with Crippen LogP contribution < -0.4 is 0 Å². The minimum Gasteiger partial charge on any atom is -0.444 e. The Morgan fingerprint density at radius 3 is 2.21 bits per heavy atom. The molecule has 0 spiro atoms. The summed E-state index contributed by atoms with van der Waals surface area (Å²) in [6.45, 7) is 6.49. The quantitative estimate of drug-likeness (QED) is 0.729. The van der Waals surface area contributed by atoms with Crippen molar-refractivity contribution in [1.82, 2.24) is 9.88 Å². The van der Waals surface area contributed by atoms with Crippen LogP contribution in [0.3, 0.4) is 0 Å². The number of carbonyl (C=O) groups excluding carboxylic acids is 1. The second-order valence-electron chi connectivity index (χ2n) is 9.54. The molecule has 1 aliphatic heterocycles. The molecule has 1 aromatic heterocycles. The highest BCUT2D eigenvalue weighted by Crippen LogP contribution is 2.75. The normalized spacial score (nSPS) is 29.5. The maximum Gasteiger partial charge on any atom is 0.417 e. The van der Waals surface area contributed by atoms with Crippen molar-refractivity contribution in [3.8, 4) is 0 Å². The number of likely N-dealkylation sites (tertiary alicyclic amines) is 1. The molecular weight excluding hydrogens is 409 g/mol. The third-order valence-electron chi connectivity index (χ3n) is 6.33. The number of nitrogens with zero attached hydrogens (tertiary/aromatic N) is 2. The molecule has 6 nitrogen and oxygen atoms in total. The van der Waals surface area contributed by atoms with E-state index in [0.29, 0.717) is 38.5 Å². The molecule has 2 bridgehead atoms. The third-order valence-corrected chi connectivity index (χ3v) is 8.70. The van der Waals surface area contributed by atoms with Gasteiger partial charge in [-0.2, -0.15) is 13.2 Å². The van der Waals surface area contributed by atoms with Crippen LogP contribution in [-0.4, -0.2) is 47.8 Å². The number of ether oxygens (including phenoxy) is 1. The summed E-state index contributed by atoms with van der Waals surface area (Å²) in [5.41, 5.74) is -1.63. The zero-order chi connectivity index (χ0) is 21.5. The van der Waals surface area contributed by atoms with E-state index in [1.165, 1.54) is 0 Å². The monoisotopic (exact) mass is 432 g/mol. The summed E-state index contributed by atoms with van der Waals surface area (Å²) in [5.74, 6) is 0.229. The van der Waals surface area contributed by atoms with Gasteiger partial charge in [-0.1, -0.05) is 0 Å². The molecule has 160 valence electrons. The largest absolute Gasteiger partial charge is 0.444 e. The fraction of sp³-hybridized carbons (Fsp3) is 0.684. The van der Waals surface area contributed by atoms with Crippen LogP contribution in [0.5, 0.6) is 0 Å². The second-order valence-corrected chi connectivity index (χ2v) is 11.8. The number of hydrogen-bond donors (Lipinski definition) is 0. The molecule has 10 heteroatoms. The molecule has 2 heterocycles. The third kappa shape index (κ3) is 3.10. The molecule has 1 amide bonds. The topological polar surface area (TPSA) is 76.6 Å². The molecule has 3 saturated carbocycles. The summed E-state index contributed by atoms with van der Waals surface area (Å²) in [4.78, 5) is 17.3. The summed E-state index contributed by atoms with van der Waals surface area (Å²) in [6.07, 6.45) is -2.94. The zero-order valence-corrected chi connectivity index (χ0v) is 17.2. The first kappa shape index (κ1) is 20.4. The molecule has 5 rings (SSSR count). The van der Waals surface area contributed by atoms with E-state index in [0.717, 1.165) is 12.1 Å². The number of amides is 1. The number of halogens is 3. The van der Waals surface area contributed by atoms with Crippen LogP contribution >= 0.6 is 0 Å². The summed E-state index contributed by atoms with van der Waals surface area (Å²) < 4.78 is 68.2. The lowest BCUT2D eigenvalue weighted by Crippen LogP contribution is -2.77. The number of pyridine rings is 1. The van der Waals surface area contributed by atoms with Crippen molar-refractivity contribution in [1.29, 1.82) is 0 Å². The molecule has 0 unspecified atom stereocenters. The Balaban J connectivity index is 1.37. The average Bonchev–Trinajstić information content (AvgIpc) is 2.43. The number of sulfone groups is 1. The zero-order valence-electron chi connectivity index (χ0n) is 16.4. The Hall–Kier alpha value is -1.84. The van der Waals surface area contributed by atoms with Crippen molar-refractivity contribution in [3.05, 3.63) is 23.9 Å². The fourth-order valence-corrected chi connectivity index (χ4v) is 7.07. The van der Waals surface area contributed by atoms with E-state index in [-0.39, 0.29) is 22.5 Å². The van der Waals surface area contributed by atoms with Crippen molar-refractivity contribution in [2.45, 2.75) is 61.6 Å². The Bertz CT molecular complexity index is 925. The van der Waals surface area contributed by atoms with Crippen LogP contribution in [-0.2, 0) is 20.8 Å². The van der Waals surface area contributed by atoms with Gasteiger partial charge in [-0.3, -0.25) is 0 Å². The molecule has 1 saturated heterocycles. The van der Waals surface area contributed by atoms with Gasteiger partial charge in [0.25, 0.3) is 0 Å². The summed E-state index contributed by atoms with van der Waals surface area (Å²) >= 11 is 0. The van der Waals surface area contributed by atoms with Gasteiger partial charge in [0.05, 0.1) is 10.3 Å². The average molecular weight is 432 g/mol. The van der Waals surface area contributed by atoms with Crippen molar-refractivity contribution < 1.29 is 31.1 Å². The fourth-order valence-electron chi connectivity index (χ4n) is 4.76. The van der Waals surface area contributed by atoms with Crippen molar-refractivity contribution >= 4 is 15.9 Å². The highest BCUT2D eigenvalue weighted by Gasteiger charge is 2.77. The maximum atomic E-state index is 12.9. The molecule has 3 aliphatic carbocycles. The Morgan fingerprint density at radius 2 is 1.76 bits per heavy atom.